The molecule has 18 heavy (non-hydrogen) atoms. The molecule has 1 aromatic rings. The number of rotatable bonds is 7. The van der Waals surface area contributed by atoms with Gasteiger partial charge in [-0.15, -0.1) is 0 Å². The van der Waals surface area contributed by atoms with Crippen molar-refractivity contribution in [2.45, 2.75) is 45.8 Å². The van der Waals surface area contributed by atoms with Crippen molar-refractivity contribution in [1.29, 1.82) is 0 Å². The number of unbranched alkanes of at least 4 members (excludes halogenated alkanes) is 1. The molecule has 4 nitrogen and oxygen atoms in total. The monoisotopic (exact) mass is 253 g/mol. The van der Waals surface area contributed by atoms with Crippen molar-refractivity contribution in [2.24, 2.45) is 0 Å². The molecule has 0 saturated heterocycles. The third kappa shape index (κ3) is 3.81. The molecule has 0 radical (unpaired) electrons. The van der Waals surface area contributed by atoms with Crippen LogP contribution in [0, 0.1) is 0 Å². The Morgan fingerprint density at radius 3 is 2.39 bits per heavy atom. The van der Waals surface area contributed by atoms with Gasteiger partial charge in [-0.2, -0.15) is 0 Å². The Kier molecular flexibility index (Phi) is 5.78. The van der Waals surface area contributed by atoms with Crippen LogP contribution in [-0.4, -0.2) is 28.1 Å². The molecular weight excluding hydrogens is 230 g/mol. The molecule has 1 unspecified atom stereocenters. The Morgan fingerprint density at radius 2 is 1.83 bits per heavy atom. The van der Waals surface area contributed by atoms with E-state index in [9.17, 15) is 15.3 Å². The summed E-state index contributed by atoms with van der Waals surface area (Å²) < 4.78 is 0. The van der Waals surface area contributed by atoms with Gasteiger partial charge >= 0.3 is 0 Å². The van der Waals surface area contributed by atoms with Crippen LogP contribution in [0.3, 0.4) is 0 Å². The van der Waals surface area contributed by atoms with Crippen molar-refractivity contribution in [3.8, 4) is 11.5 Å². The van der Waals surface area contributed by atoms with Gasteiger partial charge in [0.25, 0.3) is 0 Å². The van der Waals surface area contributed by atoms with Crippen LogP contribution in [0.4, 0.5) is 5.69 Å². The van der Waals surface area contributed by atoms with E-state index in [1.807, 2.05) is 11.8 Å². The van der Waals surface area contributed by atoms with Crippen LogP contribution in [0.25, 0.3) is 0 Å². The molecule has 0 aliphatic rings. The summed E-state index contributed by atoms with van der Waals surface area (Å²) in [5.74, 6) is -0.295. The molecule has 3 N–H and O–H groups in total. The first kappa shape index (κ1) is 14.6. The molecule has 0 saturated carbocycles. The zero-order valence-corrected chi connectivity index (χ0v) is 11.1. The SMILES string of the molecule is CCCCN(c1ccc(O)c(O)c1)C(O)CCC. The number of phenols is 2. The van der Waals surface area contributed by atoms with Crippen LogP contribution >= 0.6 is 0 Å². The van der Waals surface area contributed by atoms with E-state index < -0.39 is 6.23 Å². The van der Waals surface area contributed by atoms with E-state index in [1.54, 1.807) is 6.07 Å². The molecule has 0 heterocycles. The Bertz CT molecular complexity index is 368. The Labute approximate surface area is 108 Å². The minimum Gasteiger partial charge on any atom is -0.504 e. The predicted molar refractivity (Wildman–Crippen MR) is 72.9 cm³/mol. The molecule has 0 spiro atoms. The van der Waals surface area contributed by atoms with Crippen molar-refractivity contribution in [3.63, 3.8) is 0 Å². The van der Waals surface area contributed by atoms with Crippen LogP contribution < -0.4 is 4.90 Å². The van der Waals surface area contributed by atoms with E-state index in [0.717, 1.165) is 31.5 Å². The summed E-state index contributed by atoms with van der Waals surface area (Å²) >= 11 is 0. The maximum atomic E-state index is 10.1. The number of aliphatic hydroxyl groups excluding tert-OH is 1. The van der Waals surface area contributed by atoms with E-state index in [0.29, 0.717) is 6.42 Å². The minimum absolute atomic E-state index is 0.140. The molecule has 4 heteroatoms. The summed E-state index contributed by atoms with van der Waals surface area (Å²) in [6, 6.07) is 4.65. The van der Waals surface area contributed by atoms with E-state index in [-0.39, 0.29) is 11.5 Å². The number of aliphatic hydroxyl groups is 1. The first-order chi connectivity index (χ1) is 8.60. The van der Waals surface area contributed by atoms with Crippen LogP contribution in [0.15, 0.2) is 18.2 Å². The van der Waals surface area contributed by atoms with Crippen molar-refractivity contribution in [3.05, 3.63) is 18.2 Å². The number of hydrogen-bond acceptors (Lipinski definition) is 4. The lowest BCUT2D eigenvalue weighted by Gasteiger charge is -2.30. The predicted octanol–water partition coefficient (Wildman–Crippen LogP) is 2.82. The summed E-state index contributed by atoms with van der Waals surface area (Å²) in [5, 5.41) is 29.0. The van der Waals surface area contributed by atoms with Gasteiger partial charge in [-0.1, -0.05) is 26.7 Å². The largest absolute Gasteiger partial charge is 0.504 e. The van der Waals surface area contributed by atoms with Crippen molar-refractivity contribution < 1.29 is 15.3 Å². The molecule has 0 aromatic heterocycles. The van der Waals surface area contributed by atoms with Gasteiger partial charge in [-0.25, -0.2) is 0 Å². The van der Waals surface area contributed by atoms with Crippen molar-refractivity contribution in [2.75, 3.05) is 11.4 Å². The average Bonchev–Trinajstić information content (AvgIpc) is 2.34. The summed E-state index contributed by atoms with van der Waals surface area (Å²) in [5.41, 5.74) is 0.736. The molecule has 0 amide bonds. The zero-order valence-electron chi connectivity index (χ0n) is 11.1. The summed E-state index contributed by atoms with van der Waals surface area (Å²) in [4.78, 5) is 1.87. The number of nitrogens with zero attached hydrogens (tertiary/aromatic N) is 1. The fourth-order valence-electron chi connectivity index (χ4n) is 1.88. The molecule has 0 aliphatic carbocycles. The van der Waals surface area contributed by atoms with Gasteiger partial charge in [0, 0.05) is 18.3 Å². The van der Waals surface area contributed by atoms with Gasteiger partial charge in [0.05, 0.1) is 0 Å². The molecular formula is C14H23NO3. The van der Waals surface area contributed by atoms with Gasteiger partial charge in [0.15, 0.2) is 11.5 Å². The van der Waals surface area contributed by atoms with E-state index in [4.69, 9.17) is 0 Å². The Balaban J connectivity index is 2.89. The van der Waals surface area contributed by atoms with Gasteiger partial charge in [-0.3, -0.25) is 0 Å². The lowest BCUT2D eigenvalue weighted by Crippen LogP contribution is -2.35. The topological polar surface area (TPSA) is 63.9 Å². The number of hydrogen-bond donors (Lipinski definition) is 3. The number of phenolic OH excluding ortho intramolecular Hbond substituents is 2. The highest BCUT2D eigenvalue weighted by atomic mass is 16.3. The van der Waals surface area contributed by atoms with Gasteiger partial charge in [-0.05, 0) is 25.0 Å². The minimum atomic E-state index is -0.550. The fraction of sp³-hybridized carbons (Fsp3) is 0.571. The second kappa shape index (κ2) is 7.11. The van der Waals surface area contributed by atoms with Gasteiger partial charge in [0.1, 0.15) is 6.23 Å². The third-order valence-electron chi connectivity index (χ3n) is 2.95. The first-order valence-corrected chi connectivity index (χ1v) is 6.56. The quantitative estimate of drug-likeness (QED) is 0.516. The molecule has 1 rings (SSSR count). The highest BCUT2D eigenvalue weighted by molar-refractivity contribution is 5.55. The van der Waals surface area contributed by atoms with Crippen LogP contribution in [0.5, 0.6) is 11.5 Å². The highest BCUT2D eigenvalue weighted by Crippen LogP contribution is 2.30. The molecule has 0 aliphatic heterocycles. The third-order valence-corrected chi connectivity index (χ3v) is 2.95. The Morgan fingerprint density at radius 1 is 1.11 bits per heavy atom. The maximum absolute atomic E-state index is 10.1. The summed E-state index contributed by atoms with van der Waals surface area (Å²) in [6.07, 6.45) is 3.05. The number of anilines is 1. The van der Waals surface area contributed by atoms with Crippen LogP contribution in [-0.2, 0) is 0 Å². The highest BCUT2D eigenvalue weighted by Gasteiger charge is 2.16. The lowest BCUT2D eigenvalue weighted by atomic mass is 10.2. The molecule has 1 atom stereocenters. The van der Waals surface area contributed by atoms with Gasteiger partial charge < -0.3 is 20.2 Å². The van der Waals surface area contributed by atoms with Crippen molar-refractivity contribution >= 4 is 5.69 Å². The second-order valence-corrected chi connectivity index (χ2v) is 4.49. The fourth-order valence-corrected chi connectivity index (χ4v) is 1.88. The number of aromatic hydroxyl groups is 2. The normalized spacial score (nSPS) is 12.4. The second-order valence-electron chi connectivity index (χ2n) is 4.49. The smallest absolute Gasteiger partial charge is 0.159 e. The summed E-state index contributed by atoms with van der Waals surface area (Å²) in [6.45, 7) is 4.86. The van der Waals surface area contributed by atoms with Crippen LogP contribution in [0.1, 0.15) is 39.5 Å². The standard InChI is InChI=1S/C14H23NO3/c1-3-5-9-15(14(18)6-4-2)11-7-8-12(16)13(17)10-11/h7-8,10,14,16-18H,3-6,9H2,1-2H3. The van der Waals surface area contributed by atoms with Crippen LogP contribution in [0.2, 0.25) is 0 Å². The zero-order chi connectivity index (χ0) is 13.5. The lowest BCUT2D eigenvalue weighted by molar-refractivity contribution is 0.157. The van der Waals surface area contributed by atoms with Crippen molar-refractivity contribution in [1.82, 2.24) is 0 Å². The average molecular weight is 253 g/mol. The maximum Gasteiger partial charge on any atom is 0.159 e. The Hall–Kier alpha value is -1.42. The molecule has 102 valence electrons. The van der Waals surface area contributed by atoms with E-state index >= 15 is 0 Å². The molecule has 0 bridgehead atoms. The molecule has 1 aromatic carbocycles. The van der Waals surface area contributed by atoms with Gasteiger partial charge in [0.2, 0.25) is 0 Å². The van der Waals surface area contributed by atoms with E-state index in [1.165, 1.54) is 12.1 Å². The van der Waals surface area contributed by atoms with E-state index in [2.05, 4.69) is 6.92 Å². The first-order valence-electron chi connectivity index (χ1n) is 6.56. The number of benzene rings is 1. The molecule has 0 fully saturated rings. The summed E-state index contributed by atoms with van der Waals surface area (Å²) in [7, 11) is 0.